The number of benzene rings is 1. The number of carbonyl (C=O) groups is 1. The second-order valence-corrected chi connectivity index (χ2v) is 5.96. The molecule has 21 heavy (non-hydrogen) atoms. The Morgan fingerprint density at radius 2 is 2.00 bits per heavy atom. The topological polar surface area (TPSA) is 64.3 Å². The highest BCUT2D eigenvalue weighted by atomic mass is 16.5. The molecule has 1 saturated carbocycles. The number of nitrogens with one attached hydrogen (secondary N) is 1. The minimum Gasteiger partial charge on any atom is -0.484 e. The highest BCUT2D eigenvalue weighted by molar-refractivity contribution is 5.77. The summed E-state index contributed by atoms with van der Waals surface area (Å²) in [6.07, 6.45) is 6.35. The van der Waals surface area contributed by atoms with Gasteiger partial charge < -0.3 is 15.8 Å². The second-order valence-electron chi connectivity index (χ2n) is 5.96. The number of ether oxygens (including phenoxy) is 1. The largest absolute Gasteiger partial charge is 0.484 e. The van der Waals surface area contributed by atoms with Crippen LogP contribution in [-0.4, -0.2) is 19.1 Å². The Balaban J connectivity index is 1.64. The summed E-state index contributed by atoms with van der Waals surface area (Å²) in [6.45, 7) is 3.09. The molecule has 3 N–H and O–H groups in total. The van der Waals surface area contributed by atoms with Crippen molar-refractivity contribution < 1.29 is 9.53 Å². The van der Waals surface area contributed by atoms with Crippen LogP contribution in [-0.2, 0) is 4.79 Å². The number of amides is 1. The van der Waals surface area contributed by atoms with E-state index in [0.717, 1.165) is 12.5 Å². The van der Waals surface area contributed by atoms with Crippen LogP contribution in [0.15, 0.2) is 24.3 Å². The Hall–Kier alpha value is -1.71. The normalized spacial score (nSPS) is 21.8. The van der Waals surface area contributed by atoms with Crippen molar-refractivity contribution in [1.29, 1.82) is 0 Å². The molecule has 0 atom stereocenters. The summed E-state index contributed by atoms with van der Waals surface area (Å²) < 4.78 is 5.43. The summed E-state index contributed by atoms with van der Waals surface area (Å²) in [7, 11) is 0. The Bertz CT molecular complexity index is 454. The maximum absolute atomic E-state index is 11.8. The summed E-state index contributed by atoms with van der Waals surface area (Å²) in [6, 6.07) is 7.13. The number of nitrogens with two attached hydrogens (primary N) is 1. The molecule has 0 unspecified atom stereocenters. The third-order valence-electron chi connectivity index (χ3n) is 4.36. The third-order valence-corrected chi connectivity index (χ3v) is 4.36. The molecule has 0 radical (unpaired) electrons. The predicted molar refractivity (Wildman–Crippen MR) is 85.1 cm³/mol. The maximum Gasteiger partial charge on any atom is 0.257 e. The van der Waals surface area contributed by atoms with Crippen molar-refractivity contribution in [3.63, 3.8) is 0 Å². The number of rotatable bonds is 6. The van der Waals surface area contributed by atoms with Gasteiger partial charge in [-0.05, 0) is 36.8 Å². The summed E-state index contributed by atoms with van der Waals surface area (Å²) in [5.41, 5.74) is 6.30. The van der Waals surface area contributed by atoms with Crippen molar-refractivity contribution >= 4 is 11.6 Å². The van der Waals surface area contributed by atoms with Crippen LogP contribution >= 0.6 is 0 Å². The first-order valence-electron chi connectivity index (χ1n) is 7.92. The molecule has 2 rings (SSSR count). The van der Waals surface area contributed by atoms with Gasteiger partial charge in [-0.3, -0.25) is 4.79 Å². The van der Waals surface area contributed by atoms with E-state index < -0.39 is 0 Å². The molecule has 0 heterocycles. The molecule has 1 aliphatic rings. The molecule has 0 saturated heterocycles. The molecular formula is C17H26N2O2. The van der Waals surface area contributed by atoms with Gasteiger partial charge in [0.2, 0.25) is 0 Å². The molecule has 1 aliphatic carbocycles. The van der Waals surface area contributed by atoms with Crippen molar-refractivity contribution in [3.8, 4) is 5.75 Å². The summed E-state index contributed by atoms with van der Waals surface area (Å²) in [5, 5.41) is 2.97. The van der Waals surface area contributed by atoms with Crippen molar-refractivity contribution in [3.05, 3.63) is 24.3 Å². The number of nitrogen functional groups attached to an aromatic ring is 1. The van der Waals surface area contributed by atoms with E-state index in [2.05, 4.69) is 12.2 Å². The predicted octanol–water partition coefficient (Wildman–Crippen LogP) is 2.98. The zero-order valence-electron chi connectivity index (χ0n) is 12.8. The lowest BCUT2D eigenvalue weighted by molar-refractivity contribution is -0.123. The van der Waals surface area contributed by atoms with Crippen LogP contribution in [0.4, 0.5) is 5.69 Å². The quantitative estimate of drug-likeness (QED) is 0.792. The zero-order valence-corrected chi connectivity index (χ0v) is 12.8. The van der Waals surface area contributed by atoms with Gasteiger partial charge in [0.25, 0.3) is 5.91 Å². The lowest BCUT2D eigenvalue weighted by Crippen LogP contribution is -2.34. The second kappa shape index (κ2) is 7.91. The van der Waals surface area contributed by atoms with Gasteiger partial charge in [-0.1, -0.05) is 32.3 Å². The molecule has 0 bridgehead atoms. The van der Waals surface area contributed by atoms with Crippen LogP contribution in [0.25, 0.3) is 0 Å². The Morgan fingerprint density at radius 3 is 2.67 bits per heavy atom. The molecule has 1 fully saturated rings. The first-order chi connectivity index (χ1) is 10.2. The van der Waals surface area contributed by atoms with E-state index >= 15 is 0 Å². The monoisotopic (exact) mass is 290 g/mol. The van der Waals surface area contributed by atoms with Crippen LogP contribution in [0, 0.1) is 11.8 Å². The molecule has 4 nitrogen and oxygen atoms in total. The Kier molecular flexibility index (Phi) is 5.90. The highest BCUT2D eigenvalue weighted by Gasteiger charge is 2.20. The Labute approximate surface area is 127 Å². The number of hydrogen-bond donors (Lipinski definition) is 2. The van der Waals surface area contributed by atoms with Crippen molar-refractivity contribution in [1.82, 2.24) is 5.32 Å². The van der Waals surface area contributed by atoms with Gasteiger partial charge in [0, 0.05) is 18.3 Å². The molecule has 0 aromatic heterocycles. The van der Waals surface area contributed by atoms with Crippen LogP contribution in [0.5, 0.6) is 5.75 Å². The van der Waals surface area contributed by atoms with Gasteiger partial charge in [-0.2, -0.15) is 0 Å². The fourth-order valence-electron chi connectivity index (χ4n) is 2.91. The van der Waals surface area contributed by atoms with E-state index in [-0.39, 0.29) is 12.5 Å². The van der Waals surface area contributed by atoms with Crippen molar-refractivity contribution in [2.24, 2.45) is 11.8 Å². The average molecular weight is 290 g/mol. The molecule has 0 aliphatic heterocycles. The van der Waals surface area contributed by atoms with Gasteiger partial charge in [0.05, 0.1) is 0 Å². The molecule has 4 heteroatoms. The zero-order chi connectivity index (χ0) is 15.1. The van der Waals surface area contributed by atoms with E-state index in [1.165, 1.54) is 32.1 Å². The minimum atomic E-state index is -0.0601. The third kappa shape index (κ3) is 5.29. The standard InChI is InChI=1S/C17H26N2O2/c1-2-13-6-8-14(9-7-13)11-19-17(20)12-21-16-5-3-4-15(18)10-16/h3-5,10,13-14H,2,6-9,11-12,18H2,1H3,(H,19,20). The van der Waals surface area contributed by atoms with Gasteiger partial charge in [0.15, 0.2) is 6.61 Å². The first-order valence-corrected chi connectivity index (χ1v) is 7.92. The summed E-state index contributed by atoms with van der Waals surface area (Å²) >= 11 is 0. The van der Waals surface area contributed by atoms with Crippen molar-refractivity contribution in [2.75, 3.05) is 18.9 Å². The van der Waals surface area contributed by atoms with Gasteiger partial charge in [-0.15, -0.1) is 0 Å². The number of anilines is 1. The molecule has 1 amide bonds. The number of carbonyl (C=O) groups excluding carboxylic acids is 1. The summed E-state index contributed by atoms with van der Waals surface area (Å²) in [4.78, 5) is 11.8. The molecule has 0 spiro atoms. The molecule has 1 aromatic rings. The molecule has 116 valence electrons. The van der Waals surface area contributed by atoms with Gasteiger partial charge >= 0.3 is 0 Å². The fraction of sp³-hybridized carbons (Fsp3) is 0.588. The lowest BCUT2D eigenvalue weighted by Gasteiger charge is -2.27. The lowest BCUT2D eigenvalue weighted by atomic mass is 9.81. The Morgan fingerprint density at radius 1 is 1.29 bits per heavy atom. The van der Waals surface area contributed by atoms with E-state index in [1.807, 2.05) is 6.07 Å². The van der Waals surface area contributed by atoms with E-state index in [9.17, 15) is 4.79 Å². The minimum absolute atomic E-state index is 0.0494. The van der Waals surface area contributed by atoms with Gasteiger partial charge in [-0.25, -0.2) is 0 Å². The molecular weight excluding hydrogens is 264 g/mol. The van der Waals surface area contributed by atoms with E-state index in [0.29, 0.717) is 17.4 Å². The van der Waals surface area contributed by atoms with Gasteiger partial charge in [0.1, 0.15) is 5.75 Å². The first kappa shape index (κ1) is 15.7. The summed E-state index contributed by atoms with van der Waals surface area (Å²) in [5.74, 6) is 2.09. The highest BCUT2D eigenvalue weighted by Crippen LogP contribution is 2.30. The maximum atomic E-state index is 11.8. The smallest absolute Gasteiger partial charge is 0.257 e. The van der Waals surface area contributed by atoms with Crippen LogP contribution < -0.4 is 15.8 Å². The SMILES string of the molecule is CCC1CCC(CNC(=O)COc2cccc(N)c2)CC1. The van der Waals surface area contributed by atoms with E-state index in [4.69, 9.17) is 10.5 Å². The average Bonchev–Trinajstić information content (AvgIpc) is 2.51. The van der Waals surface area contributed by atoms with Crippen LogP contribution in [0.1, 0.15) is 39.0 Å². The van der Waals surface area contributed by atoms with Crippen LogP contribution in [0.2, 0.25) is 0 Å². The molecule has 1 aromatic carbocycles. The van der Waals surface area contributed by atoms with Crippen molar-refractivity contribution in [2.45, 2.75) is 39.0 Å². The van der Waals surface area contributed by atoms with E-state index in [1.54, 1.807) is 18.2 Å². The number of hydrogen-bond acceptors (Lipinski definition) is 3. The fourth-order valence-corrected chi connectivity index (χ4v) is 2.91. The van der Waals surface area contributed by atoms with Crippen LogP contribution in [0.3, 0.4) is 0 Å².